The molecule has 4 N–H and O–H groups in total. The molecule has 1 saturated heterocycles. The number of carbonyl (C=O) groups is 1. The van der Waals surface area contributed by atoms with Gasteiger partial charge in [-0.1, -0.05) is 0 Å². The number of nitrogens with two attached hydrogens (primary N) is 1. The van der Waals surface area contributed by atoms with Crippen LogP contribution in [0.25, 0.3) is 22.3 Å². The van der Waals surface area contributed by atoms with Gasteiger partial charge in [0.25, 0.3) is 5.91 Å². The average molecular weight is 383 g/mol. The van der Waals surface area contributed by atoms with Crippen LogP contribution < -0.4 is 5.73 Å². The molecule has 3 aromatic rings. The minimum absolute atomic E-state index is 0.129. The number of aromatic hydroxyl groups is 1. The number of aromatic amines is 1. The fourth-order valence-corrected chi connectivity index (χ4v) is 3.81. The molecule has 1 aromatic carbocycles. The summed E-state index contributed by atoms with van der Waals surface area (Å²) in [6.45, 7) is 3.65. The number of fused-ring (bicyclic) bond motifs is 1. The van der Waals surface area contributed by atoms with Crippen molar-refractivity contribution in [3.05, 3.63) is 41.3 Å². The van der Waals surface area contributed by atoms with Gasteiger partial charge in [-0.2, -0.15) is 5.10 Å². The maximum absolute atomic E-state index is 14.4. The Labute approximate surface area is 161 Å². The minimum Gasteiger partial charge on any atom is -0.508 e. The molecular weight excluding hydrogens is 361 g/mol. The molecule has 0 spiro atoms. The number of carbonyl (C=O) groups excluding carboxylic acids is 1. The summed E-state index contributed by atoms with van der Waals surface area (Å²) in [5.41, 5.74) is 7.84. The van der Waals surface area contributed by atoms with Crippen LogP contribution >= 0.6 is 0 Å². The number of hydrogen-bond donors (Lipinski definition) is 3. The van der Waals surface area contributed by atoms with Crippen molar-refractivity contribution in [3.8, 4) is 17.0 Å². The van der Waals surface area contributed by atoms with Gasteiger partial charge in [-0.3, -0.25) is 9.89 Å². The fourth-order valence-electron chi connectivity index (χ4n) is 3.81. The second kappa shape index (κ2) is 7.20. The molecule has 146 valence electrons. The molecule has 4 rings (SSSR count). The molecule has 0 saturated carbocycles. The third-order valence-electron chi connectivity index (χ3n) is 5.30. The first kappa shape index (κ1) is 18.4. The second-order valence-corrected chi connectivity index (χ2v) is 7.26. The zero-order chi connectivity index (χ0) is 19.8. The highest BCUT2D eigenvalue weighted by atomic mass is 19.1. The van der Waals surface area contributed by atoms with Gasteiger partial charge in [-0.05, 0) is 50.4 Å². The van der Waals surface area contributed by atoms with Crippen molar-refractivity contribution in [1.82, 2.24) is 20.1 Å². The third kappa shape index (κ3) is 3.20. The van der Waals surface area contributed by atoms with Crippen LogP contribution in [-0.2, 0) is 0 Å². The van der Waals surface area contributed by atoms with Crippen LogP contribution in [0.1, 0.15) is 28.9 Å². The fraction of sp³-hybridized carbons (Fsp3) is 0.350. The lowest BCUT2D eigenvalue weighted by Crippen LogP contribution is -2.42. The summed E-state index contributed by atoms with van der Waals surface area (Å²) in [6, 6.07) is 5.46. The van der Waals surface area contributed by atoms with E-state index in [9.17, 15) is 14.3 Å². The molecule has 1 fully saturated rings. The average Bonchev–Trinajstić information content (AvgIpc) is 3.07. The lowest BCUT2D eigenvalue weighted by molar-refractivity contribution is 0.0680. The molecular formula is C20H22FN5O2. The van der Waals surface area contributed by atoms with E-state index in [0.717, 1.165) is 24.6 Å². The minimum atomic E-state index is -0.612. The maximum Gasteiger partial charge on any atom is 0.254 e. The Balaban J connectivity index is 1.82. The summed E-state index contributed by atoms with van der Waals surface area (Å²) >= 11 is 0. The molecule has 1 aliphatic heterocycles. The van der Waals surface area contributed by atoms with Crippen molar-refractivity contribution in [2.24, 2.45) is 11.7 Å². The van der Waals surface area contributed by atoms with E-state index < -0.39 is 5.82 Å². The largest absolute Gasteiger partial charge is 0.508 e. The van der Waals surface area contributed by atoms with Crippen LogP contribution in [0.3, 0.4) is 0 Å². The van der Waals surface area contributed by atoms with Gasteiger partial charge in [0.05, 0.1) is 16.6 Å². The molecule has 1 atom stereocenters. The van der Waals surface area contributed by atoms with Crippen LogP contribution in [-0.4, -0.2) is 50.7 Å². The first-order chi connectivity index (χ1) is 13.5. The summed E-state index contributed by atoms with van der Waals surface area (Å²) < 4.78 is 14.4. The van der Waals surface area contributed by atoms with E-state index in [0.29, 0.717) is 41.9 Å². The second-order valence-electron chi connectivity index (χ2n) is 7.26. The number of halogens is 1. The van der Waals surface area contributed by atoms with Crippen molar-refractivity contribution in [1.29, 1.82) is 0 Å². The molecule has 7 nitrogen and oxygen atoms in total. The molecule has 3 heterocycles. The molecule has 1 unspecified atom stereocenters. The number of aryl methyl sites for hydroxylation is 1. The summed E-state index contributed by atoms with van der Waals surface area (Å²) in [5, 5.41) is 17.1. The highest BCUT2D eigenvalue weighted by Crippen LogP contribution is 2.30. The number of rotatable bonds is 3. The molecule has 0 aliphatic carbocycles. The molecule has 1 aliphatic rings. The smallest absolute Gasteiger partial charge is 0.254 e. The van der Waals surface area contributed by atoms with Gasteiger partial charge in [-0.15, -0.1) is 0 Å². The molecule has 1 amide bonds. The highest BCUT2D eigenvalue weighted by molar-refractivity contribution is 6.07. The third-order valence-corrected chi connectivity index (χ3v) is 5.30. The maximum atomic E-state index is 14.4. The van der Waals surface area contributed by atoms with Crippen LogP contribution in [0, 0.1) is 18.7 Å². The van der Waals surface area contributed by atoms with E-state index >= 15 is 0 Å². The molecule has 8 heteroatoms. The van der Waals surface area contributed by atoms with E-state index in [-0.39, 0.29) is 23.1 Å². The molecule has 2 aromatic heterocycles. The number of likely N-dealkylation sites (tertiary alicyclic amines) is 1. The first-order valence-electron chi connectivity index (χ1n) is 9.32. The number of hydrogen-bond acceptors (Lipinski definition) is 5. The van der Waals surface area contributed by atoms with Gasteiger partial charge in [0.15, 0.2) is 5.65 Å². The number of phenols is 1. The van der Waals surface area contributed by atoms with Gasteiger partial charge in [-0.25, -0.2) is 9.37 Å². The number of benzene rings is 1. The van der Waals surface area contributed by atoms with E-state index in [4.69, 9.17) is 5.73 Å². The van der Waals surface area contributed by atoms with Crippen LogP contribution in [0.5, 0.6) is 5.75 Å². The monoisotopic (exact) mass is 383 g/mol. The zero-order valence-corrected chi connectivity index (χ0v) is 15.6. The van der Waals surface area contributed by atoms with Gasteiger partial charge in [0.1, 0.15) is 11.6 Å². The lowest BCUT2D eigenvalue weighted by Gasteiger charge is -2.32. The van der Waals surface area contributed by atoms with Crippen molar-refractivity contribution in [2.75, 3.05) is 19.6 Å². The zero-order valence-electron chi connectivity index (χ0n) is 15.6. The number of piperidine rings is 1. The Morgan fingerprint density at radius 2 is 2.25 bits per heavy atom. The van der Waals surface area contributed by atoms with Crippen LogP contribution in [0.15, 0.2) is 24.3 Å². The molecule has 28 heavy (non-hydrogen) atoms. The number of pyridine rings is 1. The highest BCUT2D eigenvalue weighted by Gasteiger charge is 2.27. The van der Waals surface area contributed by atoms with E-state index in [1.165, 1.54) is 12.1 Å². The first-order valence-corrected chi connectivity index (χ1v) is 9.32. The van der Waals surface area contributed by atoms with E-state index in [1.54, 1.807) is 11.0 Å². The number of amides is 1. The number of aromatic nitrogens is 3. The summed E-state index contributed by atoms with van der Waals surface area (Å²) in [4.78, 5) is 19.6. The predicted molar refractivity (Wildman–Crippen MR) is 103 cm³/mol. The van der Waals surface area contributed by atoms with E-state index in [1.807, 2.05) is 6.92 Å². The van der Waals surface area contributed by atoms with Crippen molar-refractivity contribution >= 4 is 16.9 Å². The normalized spacial score (nSPS) is 17.2. The predicted octanol–water partition coefficient (Wildman–Crippen LogP) is 2.59. The Kier molecular flexibility index (Phi) is 4.72. The van der Waals surface area contributed by atoms with E-state index in [2.05, 4.69) is 15.2 Å². The van der Waals surface area contributed by atoms with Crippen molar-refractivity contribution in [3.63, 3.8) is 0 Å². The Morgan fingerprint density at radius 3 is 3.00 bits per heavy atom. The van der Waals surface area contributed by atoms with Gasteiger partial charge in [0.2, 0.25) is 0 Å². The summed E-state index contributed by atoms with van der Waals surface area (Å²) in [7, 11) is 0. The topological polar surface area (TPSA) is 108 Å². The quantitative estimate of drug-likeness (QED) is 0.644. The number of nitrogens with one attached hydrogen (secondary N) is 1. The van der Waals surface area contributed by atoms with Gasteiger partial charge >= 0.3 is 0 Å². The van der Waals surface area contributed by atoms with Crippen LogP contribution in [0.4, 0.5) is 4.39 Å². The lowest BCUT2D eigenvalue weighted by atomic mass is 9.97. The van der Waals surface area contributed by atoms with Crippen molar-refractivity contribution < 1.29 is 14.3 Å². The molecule has 0 bridgehead atoms. The van der Waals surface area contributed by atoms with Crippen LogP contribution in [0.2, 0.25) is 0 Å². The molecule has 0 radical (unpaired) electrons. The van der Waals surface area contributed by atoms with Gasteiger partial charge < -0.3 is 15.7 Å². The SMILES string of the molecule is Cc1[nH]nc2nc(-c3ccc(O)cc3F)cc(C(=O)N3CCCC(CN)C3)c12. The van der Waals surface area contributed by atoms with Gasteiger partial charge in [0, 0.05) is 30.4 Å². The standard InChI is InChI=1S/C20H22FN5O2/c1-11-18-15(20(28)26-6-2-3-12(9-22)10-26)8-17(23-19(18)25-24-11)14-5-4-13(27)7-16(14)21/h4-5,7-8,12,27H,2-3,6,9-10,22H2,1H3,(H,23,24,25). The summed E-state index contributed by atoms with van der Waals surface area (Å²) in [5.74, 6) is -0.626. The summed E-state index contributed by atoms with van der Waals surface area (Å²) in [6.07, 6.45) is 1.92. The number of H-pyrrole nitrogens is 1. The number of nitrogens with zero attached hydrogens (tertiary/aromatic N) is 3. The Bertz CT molecular complexity index is 1050. The van der Waals surface area contributed by atoms with Crippen molar-refractivity contribution in [2.45, 2.75) is 19.8 Å². The number of phenolic OH excluding ortho intramolecular Hbond substituents is 1. The Hall–Kier alpha value is -3.00. The Morgan fingerprint density at radius 1 is 1.43 bits per heavy atom.